The van der Waals surface area contributed by atoms with E-state index in [0.717, 1.165) is 0 Å². The lowest BCUT2D eigenvalue weighted by Gasteiger charge is -2.09. The third-order valence-electron chi connectivity index (χ3n) is 2.14. The average molecular weight is 281 g/mol. The molecule has 2 nitrogen and oxygen atoms in total. The van der Waals surface area contributed by atoms with Crippen LogP contribution >= 0.6 is 12.2 Å². The molecule has 0 radical (unpaired) electrons. The Labute approximate surface area is 107 Å². The summed E-state index contributed by atoms with van der Waals surface area (Å²) in [5.74, 6) is -7.10. The maximum absolute atomic E-state index is 13.1. The first kappa shape index (κ1) is 14.7. The van der Waals surface area contributed by atoms with Gasteiger partial charge in [-0.2, -0.15) is 8.78 Å². The zero-order valence-electron chi connectivity index (χ0n) is 9.31. The zero-order chi connectivity index (χ0) is 13.7. The fraction of sp³-hybridized carbons (Fsp3) is 0.364. The van der Waals surface area contributed by atoms with Crippen LogP contribution in [0.5, 0.6) is 5.75 Å². The minimum Gasteiger partial charge on any atom is -0.487 e. The second-order valence-electron chi connectivity index (χ2n) is 3.57. The maximum atomic E-state index is 13.1. The van der Waals surface area contributed by atoms with Crippen molar-refractivity contribution in [1.82, 2.24) is 0 Å². The third kappa shape index (κ3) is 3.83. The van der Waals surface area contributed by atoms with Gasteiger partial charge in [-0.05, 0) is 19.3 Å². The van der Waals surface area contributed by atoms with Gasteiger partial charge in [0.1, 0.15) is 0 Å². The van der Waals surface area contributed by atoms with Crippen LogP contribution in [-0.4, -0.2) is 11.6 Å². The second kappa shape index (κ2) is 6.53. The van der Waals surface area contributed by atoms with Gasteiger partial charge < -0.3 is 10.5 Å². The largest absolute Gasteiger partial charge is 0.487 e. The molecule has 0 spiro atoms. The van der Waals surface area contributed by atoms with Crippen LogP contribution in [0.3, 0.4) is 0 Å². The molecule has 2 N–H and O–H groups in total. The minimum atomic E-state index is -1.54. The molecule has 0 aliphatic rings. The van der Waals surface area contributed by atoms with Gasteiger partial charge in [-0.3, -0.25) is 0 Å². The second-order valence-corrected chi connectivity index (χ2v) is 4.09. The van der Waals surface area contributed by atoms with Crippen LogP contribution in [0, 0.1) is 23.3 Å². The fourth-order valence-corrected chi connectivity index (χ4v) is 1.40. The van der Waals surface area contributed by atoms with Crippen LogP contribution in [0.25, 0.3) is 0 Å². The number of unbranched alkanes of at least 4 members (excludes halogenated alkanes) is 1. The Morgan fingerprint density at radius 1 is 1.11 bits per heavy atom. The van der Waals surface area contributed by atoms with Crippen LogP contribution in [0.2, 0.25) is 0 Å². The molecule has 7 heteroatoms. The zero-order valence-corrected chi connectivity index (χ0v) is 10.1. The molecule has 0 bridgehead atoms. The number of ether oxygens (including phenoxy) is 1. The number of benzene rings is 1. The molecule has 0 aliphatic heterocycles. The Morgan fingerprint density at radius 2 is 1.67 bits per heavy atom. The predicted molar refractivity (Wildman–Crippen MR) is 62.4 cm³/mol. The van der Waals surface area contributed by atoms with Crippen LogP contribution in [0.15, 0.2) is 6.07 Å². The van der Waals surface area contributed by atoms with Crippen molar-refractivity contribution >= 4 is 17.2 Å². The first-order valence-corrected chi connectivity index (χ1v) is 5.58. The van der Waals surface area contributed by atoms with Gasteiger partial charge in [0.25, 0.3) is 0 Å². The lowest BCUT2D eigenvalue weighted by Crippen LogP contribution is -2.09. The van der Waals surface area contributed by atoms with Gasteiger partial charge in [0, 0.05) is 6.07 Å². The number of halogens is 4. The molecular weight excluding hydrogens is 270 g/mol. The molecule has 0 saturated carbocycles. The first-order chi connectivity index (χ1) is 8.43. The molecule has 0 aromatic heterocycles. The average Bonchev–Trinajstić information content (AvgIpc) is 2.30. The van der Waals surface area contributed by atoms with Gasteiger partial charge in [-0.1, -0.05) is 12.2 Å². The summed E-state index contributed by atoms with van der Waals surface area (Å²) in [7, 11) is 0. The van der Waals surface area contributed by atoms with Crippen LogP contribution in [-0.2, 0) is 0 Å². The number of thiocarbonyl (C=S) groups is 1. The lowest BCUT2D eigenvalue weighted by molar-refractivity contribution is 0.265. The van der Waals surface area contributed by atoms with Crippen LogP contribution < -0.4 is 10.5 Å². The number of rotatable bonds is 6. The number of hydrogen-bond acceptors (Lipinski definition) is 2. The summed E-state index contributed by atoms with van der Waals surface area (Å²) < 4.78 is 56.6. The highest BCUT2D eigenvalue weighted by atomic mass is 32.1. The summed E-state index contributed by atoms with van der Waals surface area (Å²) in [6.45, 7) is -0.0840. The van der Waals surface area contributed by atoms with Gasteiger partial charge in [0.15, 0.2) is 17.4 Å². The Hall–Kier alpha value is -1.37. The smallest absolute Gasteiger partial charge is 0.203 e. The number of hydrogen-bond donors (Lipinski definition) is 1. The van der Waals surface area contributed by atoms with Crippen molar-refractivity contribution < 1.29 is 22.3 Å². The third-order valence-corrected chi connectivity index (χ3v) is 2.34. The van der Waals surface area contributed by atoms with Crippen molar-refractivity contribution in [1.29, 1.82) is 0 Å². The summed E-state index contributed by atoms with van der Waals surface area (Å²) in [5, 5.41) is 0. The predicted octanol–water partition coefficient (Wildman–Crippen LogP) is 3.08. The van der Waals surface area contributed by atoms with Crippen LogP contribution in [0.1, 0.15) is 19.3 Å². The van der Waals surface area contributed by atoms with Gasteiger partial charge in [-0.25, -0.2) is 8.78 Å². The highest BCUT2D eigenvalue weighted by molar-refractivity contribution is 7.80. The van der Waals surface area contributed by atoms with E-state index in [4.69, 9.17) is 10.5 Å². The van der Waals surface area contributed by atoms with Crippen molar-refractivity contribution in [2.45, 2.75) is 19.3 Å². The molecule has 0 aliphatic carbocycles. The van der Waals surface area contributed by atoms with Crippen LogP contribution in [0.4, 0.5) is 17.6 Å². The van der Waals surface area contributed by atoms with Gasteiger partial charge in [0.05, 0.1) is 11.6 Å². The van der Waals surface area contributed by atoms with E-state index >= 15 is 0 Å². The van der Waals surface area contributed by atoms with Crippen molar-refractivity contribution in [3.8, 4) is 5.75 Å². The van der Waals surface area contributed by atoms with E-state index < -0.39 is 29.0 Å². The van der Waals surface area contributed by atoms with Gasteiger partial charge in [-0.15, -0.1) is 0 Å². The van der Waals surface area contributed by atoms with E-state index in [0.29, 0.717) is 24.3 Å². The van der Waals surface area contributed by atoms with E-state index in [1.165, 1.54) is 0 Å². The van der Waals surface area contributed by atoms with E-state index in [9.17, 15) is 17.6 Å². The summed E-state index contributed by atoms with van der Waals surface area (Å²) in [6, 6.07) is 0.129. The standard InChI is InChI=1S/C11H11F4NOS/c12-6-5-7(13)10(15)11(9(6)14)17-4-2-1-3-8(16)18/h5H,1-4H2,(H2,16,18). The quantitative estimate of drug-likeness (QED) is 0.377. The van der Waals surface area contributed by atoms with E-state index in [1.54, 1.807) is 0 Å². The highest BCUT2D eigenvalue weighted by Crippen LogP contribution is 2.26. The summed E-state index contributed by atoms with van der Waals surface area (Å²) in [4.78, 5) is 0.323. The molecule has 0 amide bonds. The molecule has 0 saturated heterocycles. The molecular formula is C11H11F4NOS. The molecule has 1 aromatic carbocycles. The Morgan fingerprint density at radius 3 is 2.17 bits per heavy atom. The number of nitrogens with two attached hydrogens (primary N) is 1. The fourth-order valence-electron chi connectivity index (χ4n) is 1.25. The van der Waals surface area contributed by atoms with Crippen molar-refractivity contribution in [2.24, 2.45) is 5.73 Å². The summed E-state index contributed by atoms with van der Waals surface area (Å²) in [5.41, 5.74) is 5.25. The Balaban J connectivity index is 2.59. The normalized spacial score (nSPS) is 10.4. The SMILES string of the molecule is NC(=S)CCCCOc1c(F)c(F)cc(F)c1F. The Kier molecular flexibility index (Phi) is 5.33. The molecule has 0 heterocycles. The molecule has 100 valence electrons. The van der Waals surface area contributed by atoms with Gasteiger partial charge >= 0.3 is 0 Å². The van der Waals surface area contributed by atoms with Gasteiger partial charge in [0.2, 0.25) is 11.6 Å². The topological polar surface area (TPSA) is 35.2 Å². The van der Waals surface area contributed by atoms with E-state index in [-0.39, 0.29) is 12.7 Å². The highest BCUT2D eigenvalue weighted by Gasteiger charge is 2.20. The summed E-state index contributed by atoms with van der Waals surface area (Å²) in [6.07, 6.45) is 1.45. The monoisotopic (exact) mass is 281 g/mol. The maximum Gasteiger partial charge on any atom is 0.203 e. The van der Waals surface area contributed by atoms with Crippen molar-refractivity contribution in [3.63, 3.8) is 0 Å². The lowest BCUT2D eigenvalue weighted by atomic mass is 10.2. The van der Waals surface area contributed by atoms with Crippen molar-refractivity contribution in [2.75, 3.05) is 6.61 Å². The molecule has 0 atom stereocenters. The molecule has 18 heavy (non-hydrogen) atoms. The Bertz CT molecular complexity index is 427. The molecule has 0 fully saturated rings. The minimum absolute atomic E-state index is 0.0840. The molecule has 1 rings (SSSR count). The van der Waals surface area contributed by atoms with Crippen molar-refractivity contribution in [3.05, 3.63) is 29.3 Å². The molecule has 1 aromatic rings. The summed E-state index contributed by atoms with van der Waals surface area (Å²) >= 11 is 4.63. The molecule has 0 unspecified atom stereocenters. The van der Waals surface area contributed by atoms with E-state index in [1.807, 2.05) is 0 Å². The first-order valence-electron chi connectivity index (χ1n) is 5.17. The van der Waals surface area contributed by atoms with E-state index in [2.05, 4.69) is 12.2 Å².